The molecule has 4 amide bonds. The highest BCUT2D eigenvalue weighted by molar-refractivity contribution is 6.06. The van der Waals surface area contributed by atoms with Crippen LogP contribution in [-0.4, -0.2) is 62.8 Å². The second kappa shape index (κ2) is 11.1. The highest BCUT2D eigenvalue weighted by Gasteiger charge is 2.63. The molecule has 2 atom stereocenters. The number of rotatable bonds is 3. The van der Waals surface area contributed by atoms with Gasteiger partial charge in [-0.25, -0.2) is 18.6 Å². The first-order valence-corrected chi connectivity index (χ1v) is 17.2. The Hall–Kier alpha value is -4.87. The average molecular weight is 684 g/mol. The van der Waals surface area contributed by atoms with E-state index in [1.807, 2.05) is 24.3 Å². The summed E-state index contributed by atoms with van der Waals surface area (Å²) >= 11 is 0. The Kier molecular flexibility index (Phi) is 7.16. The number of benzene rings is 2. The molecule has 1 aromatic heterocycles. The Morgan fingerprint density at radius 1 is 0.980 bits per heavy atom. The summed E-state index contributed by atoms with van der Waals surface area (Å²) in [5.41, 5.74) is -0.372. The van der Waals surface area contributed by atoms with Gasteiger partial charge in [-0.3, -0.25) is 19.3 Å². The molecule has 2 aliphatic heterocycles. The van der Waals surface area contributed by atoms with E-state index in [9.17, 15) is 23.6 Å². The zero-order valence-electron chi connectivity index (χ0n) is 28.3. The zero-order chi connectivity index (χ0) is 35.2. The lowest BCUT2D eigenvalue weighted by molar-refractivity contribution is -0.166. The minimum Gasteiger partial charge on any atom is -0.444 e. The number of hydrogen-bond donors (Lipinski definition) is 2. The molecule has 8 rings (SSSR count). The van der Waals surface area contributed by atoms with Gasteiger partial charge in [0.1, 0.15) is 35.1 Å². The number of anilines is 2. The predicted molar refractivity (Wildman–Crippen MR) is 179 cm³/mol. The van der Waals surface area contributed by atoms with Crippen molar-refractivity contribution in [3.05, 3.63) is 88.1 Å². The van der Waals surface area contributed by atoms with E-state index in [2.05, 4.69) is 15.6 Å². The summed E-state index contributed by atoms with van der Waals surface area (Å²) in [5, 5.41) is 5.85. The molecule has 0 unspecified atom stereocenters. The number of aromatic nitrogens is 1. The molecule has 0 radical (unpaired) electrons. The number of fused-ring (bicyclic) bond motifs is 5. The van der Waals surface area contributed by atoms with E-state index in [1.54, 1.807) is 33.0 Å². The number of nitrogens with zero attached hydrogens (tertiary/aromatic N) is 3. The van der Waals surface area contributed by atoms with Crippen LogP contribution >= 0.6 is 0 Å². The largest absolute Gasteiger partial charge is 0.444 e. The van der Waals surface area contributed by atoms with Crippen molar-refractivity contribution in [3.8, 4) is 0 Å². The highest BCUT2D eigenvalue weighted by atomic mass is 19.1. The van der Waals surface area contributed by atoms with Gasteiger partial charge in [-0.05, 0) is 106 Å². The van der Waals surface area contributed by atoms with Gasteiger partial charge in [0.25, 0.3) is 0 Å². The predicted octanol–water partition coefficient (Wildman–Crippen LogP) is 5.52. The van der Waals surface area contributed by atoms with Crippen molar-refractivity contribution in [2.45, 2.75) is 94.2 Å². The van der Waals surface area contributed by atoms with Crippen molar-refractivity contribution in [3.63, 3.8) is 0 Å². The third kappa shape index (κ3) is 4.81. The fourth-order valence-corrected chi connectivity index (χ4v) is 9.16. The lowest BCUT2D eigenvalue weighted by Gasteiger charge is -2.56. The van der Waals surface area contributed by atoms with E-state index < -0.39 is 51.6 Å². The molecule has 2 N–H and O–H groups in total. The molecule has 3 heterocycles. The number of ether oxygens (including phenoxy) is 1. The van der Waals surface area contributed by atoms with Crippen molar-refractivity contribution in [2.24, 2.45) is 0 Å². The van der Waals surface area contributed by atoms with Gasteiger partial charge in [-0.1, -0.05) is 25.0 Å². The molecule has 3 aromatic rings. The number of nitrogens with one attached hydrogen (secondary N) is 2. The molecule has 0 bridgehead atoms. The maximum Gasteiger partial charge on any atom is 0.411 e. The van der Waals surface area contributed by atoms with Crippen molar-refractivity contribution in [2.75, 3.05) is 23.7 Å². The first-order valence-electron chi connectivity index (χ1n) is 17.2. The van der Waals surface area contributed by atoms with Crippen LogP contribution in [0.2, 0.25) is 0 Å². The summed E-state index contributed by atoms with van der Waals surface area (Å²) in [5.74, 6) is -1.96. The Morgan fingerprint density at radius 3 is 2.50 bits per heavy atom. The number of hydrogen-bond acceptors (Lipinski definition) is 6. The fraction of sp³-hybridized carbons (Fsp3) is 0.447. The smallest absolute Gasteiger partial charge is 0.411 e. The van der Waals surface area contributed by atoms with Crippen molar-refractivity contribution >= 4 is 35.3 Å². The molecule has 12 heteroatoms. The van der Waals surface area contributed by atoms with Gasteiger partial charge in [0, 0.05) is 23.5 Å². The monoisotopic (exact) mass is 683 g/mol. The van der Waals surface area contributed by atoms with Gasteiger partial charge in [0.15, 0.2) is 0 Å². The SMILES string of the molecule is CC(C)(C)OC(=O)N1C[C@]2(CCc3c(F)cc(F)cc32)N(CC(=O)Nc2ccc3c(c2)C[C@@]2(C3)C(=O)Nc3ncccc32)C(=O)C12CCCC2. The first-order chi connectivity index (χ1) is 23.7. The van der Waals surface area contributed by atoms with Crippen LogP contribution in [0.4, 0.5) is 25.1 Å². The van der Waals surface area contributed by atoms with Gasteiger partial charge in [-0.2, -0.15) is 0 Å². The summed E-state index contributed by atoms with van der Waals surface area (Å²) in [6.45, 7) is 4.80. The quantitative estimate of drug-likeness (QED) is 0.375. The Bertz CT molecular complexity index is 1990. The van der Waals surface area contributed by atoms with Crippen LogP contribution in [-0.2, 0) is 49.3 Å². The van der Waals surface area contributed by atoms with Gasteiger partial charge in [0.2, 0.25) is 17.7 Å². The van der Waals surface area contributed by atoms with Gasteiger partial charge in [-0.15, -0.1) is 0 Å². The number of halogens is 2. The third-order valence-electron chi connectivity index (χ3n) is 11.4. The summed E-state index contributed by atoms with van der Waals surface area (Å²) in [7, 11) is 0. The summed E-state index contributed by atoms with van der Waals surface area (Å²) in [6, 6.07) is 11.3. The number of carbonyl (C=O) groups is 4. The topological polar surface area (TPSA) is 121 Å². The molecule has 10 nitrogen and oxygen atoms in total. The average Bonchev–Trinajstić information content (AvgIpc) is 3.82. The molecule has 2 fully saturated rings. The van der Waals surface area contributed by atoms with Crippen LogP contribution in [0.5, 0.6) is 0 Å². The molecule has 1 saturated heterocycles. The normalized spacial score (nSPS) is 24.5. The molecular weight excluding hydrogens is 644 g/mol. The van der Waals surface area contributed by atoms with Crippen molar-refractivity contribution in [1.29, 1.82) is 0 Å². The van der Waals surface area contributed by atoms with Gasteiger partial charge in [0.05, 0.1) is 17.5 Å². The van der Waals surface area contributed by atoms with E-state index in [0.29, 0.717) is 50.0 Å². The minimum absolute atomic E-state index is 0.0594. The Labute approximate surface area is 288 Å². The lowest BCUT2D eigenvalue weighted by atomic mass is 9.79. The van der Waals surface area contributed by atoms with Crippen LogP contribution in [0.1, 0.15) is 80.7 Å². The zero-order valence-corrected chi connectivity index (χ0v) is 28.3. The van der Waals surface area contributed by atoms with Crippen LogP contribution in [0.25, 0.3) is 0 Å². The van der Waals surface area contributed by atoms with Crippen molar-refractivity contribution in [1.82, 2.24) is 14.8 Å². The second-order valence-electron chi connectivity index (χ2n) is 15.5. The van der Waals surface area contributed by atoms with Crippen LogP contribution in [0.3, 0.4) is 0 Å². The molecule has 3 spiro atoms. The first kappa shape index (κ1) is 32.3. The van der Waals surface area contributed by atoms with Crippen LogP contribution in [0.15, 0.2) is 48.7 Å². The van der Waals surface area contributed by atoms with Gasteiger partial charge >= 0.3 is 6.09 Å². The Morgan fingerprint density at radius 2 is 1.74 bits per heavy atom. The maximum atomic E-state index is 15.2. The number of carbonyl (C=O) groups excluding carboxylic acids is 4. The standard InChI is InChI=1S/C38H39F2N5O5/c1-35(2,3)50-34(49)45-21-38(13-10-26-28(38)16-24(39)17-29(26)40)44(33(48)37(45)11-4-5-12-37)20-30(46)42-25-9-8-22-18-36(19-23(22)15-25)27-7-6-14-41-31(27)43-32(36)47/h6-9,14-17H,4-5,10-13,18-21H2,1-3H3,(H,42,46)(H,41,43,47)/t36-,38+/m1/s1. The van der Waals surface area contributed by atoms with E-state index in [-0.39, 0.29) is 43.0 Å². The van der Waals surface area contributed by atoms with E-state index in [1.165, 1.54) is 15.9 Å². The summed E-state index contributed by atoms with van der Waals surface area (Å²) < 4.78 is 35.9. The second-order valence-corrected chi connectivity index (χ2v) is 15.5. The summed E-state index contributed by atoms with van der Waals surface area (Å²) in [4.78, 5) is 63.1. The van der Waals surface area contributed by atoms with E-state index >= 15 is 4.39 Å². The highest BCUT2D eigenvalue weighted by Crippen LogP contribution is 2.52. The number of amides is 4. The Balaban J connectivity index is 1.11. The molecule has 260 valence electrons. The molecule has 2 aromatic carbocycles. The maximum absolute atomic E-state index is 15.2. The minimum atomic E-state index is -1.35. The molecular formula is C38H39F2N5O5. The van der Waals surface area contributed by atoms with Crippen LogP contribution in [0, 0.1) is 11.6 Å². The van der Waals surface area contributed by atoms with E-state index in [0.717, 1.165) is 22.8 Å². The summed E-state index contributed by atoms with van der Waals surface area (Å²) in [6.07, 6.45) is 4.54. The number of pyridine rings is 1. The molecule has 3 aliphatic carbocycles. The van der Waals surface area contributed by atoms with E-state index in [4.69, 9.17) is 4.74 Å². The van der Waals surface area contributed by atoms with Gasteiger partial charge < -0.3 is 20.3 Å². The van der Waals surface area contributed by atoms with Crippen LogP contribution < -0.4 is 10.6 Å². The molecule has 1 saturated carbocycles. The van der Waals surface area contributed by atoms with Crippen molar-refractivity contribution < 1.29 is 32.7 Å². The lowest BCUT2D eigenvalue weighted by Crippen LogP contribution is -2.73. The third-order valence-corrected chi connectivity index (χ3v) is 11.4. The fourth-order valence-electron chi connectivity index (χ4n) is 9.16. The number of piperazine rings is 1. The molecule has 5 aliphatic rings. The molecule has 50 heavy (non-hydrogen) atoms.